The number of benzene rings is 2. The van der Waals surface area contributed by atoms with Crippen LogP contribution in [-0.2, 0) is 16.1 Å². The molecule has 0 fully saturated rings. The molecule has 0 saturated heterocycles. The van der Waals surface area contributed by atoms with Crippen LogP contribution in [0.15, 0.2) is 58.5 Å². The first-order valence-corrected chi connectivity index (χ1v) is 10.5. The molecule has 3 rings (SSSR count). The predicted octanol–water partition coefficient (Wildman–Crippen LogP) is 3.67. The number of hydrogen-bond donors (Lipinski definition) is 1. The summed E-state index contributed by atoms with van der Waals surface area (Å²) in [6, 6.07) is 14.6. The Bertz CT molecular complexity index is 1060. The normalized spacial score (nSPS) is 12.1. The van der Waals surface area contributed by atoms with E-state index in [4.69, 9.17) is 16.3 Å². The van der Waals surface area contributed by atoms with E-state index in [0.29, 0.717) is 34.2 Å². The number of thioether (sulfide) groups is 1. The maximum Gasteiger partial charge on any atom is 0.262 e. The molecule has 1 amide bonds. The van der Waals surface area contributed by atoms with Gasteiger partial charge in [-0.15, -0.1) is 0 Å². The number of hydrogen-bond acceptors (Lipinski definition) is 5. The first kappa shape index (κ1) is 21.4. The molecule has 1 heterocycles. The fourth-order valence-corrected chi connectivity index (χ4v) is 3.90. The molecule has 0 aliphatic carbocycles. The van der Waals surface area contributed by atoms with Gasteiger partial charge in [0.25, 0.3) is 5.56 Å². The van der Waals surface area contributed by atoms with Gasteiger partial charge in [0, 0.05) is 12.1 Å². The molecule has 0 unspecified atom stereocenters. The van der Waals surface area contributed by atoms with Gasteiger partial charge in [-0.3, -0.25) is 14.2 Å². The van der Waals surface area contributed by atoms with E-state index in [0.717, 1.165) is 5.56 Å². The molecule has 0 aliphatic heterocycles. The summed E-state index contributed by atoms with van der Waals surface area (Å²) in [5, 5.41) is 4.42. The highest BCUT2D eigenvalue weighted by molar-refractivity contribution is 7.99. The number of aromatic nitrogens is 2. The molecular weight excluding hydrogens is 410 g/mol. The largest absolute Gasteiger partial charge is 0.383 e. The van der Waals surface area contributed by atoms with Crippen LogP contribution < -0.4 is 10.9 Å². The second-order valence-electron chi connectivity index (χ2n) is 6.49. The molecular formula is C21H22ClN3O3S. The maximum absolute atomic E-state index is 12.9. The van der Waals surface area contributed by atoms with Crippen LogP contribution in [0, 0.1) is 0 Å². The molecule has 29 heavy (non-hydrogen) atoms. The van der Waals surface area contributed by atoms with Crippen LogP contribution in [0.25, 0.3) is 10.9 Å². The van der Waals surface area contributed by atoms with Gasteiger partial charge in [0.1, 0.15) is 0 Å². The highest BCUT2D eigenvalue weighted by Crippen LogP contribution is 2.21. The lowest BCUT2D eigenvalue weighted by atomic mass is 10.1. The van der Waals surface area contributed by atoms with Gasteiger partial charge in [-0.25, -0.2) is 4.98 Å². The lowest BCUT2D eigenvalue weighted by Crippen LogP contribution is -2.29. The maximum atomic E-state index is 12.9. The van der Waals surface area contributed by atoms with Crippen molar-refractivity contribution in [2.45, 2.75) is 24.7 Å². The van der Waals surface area contributed by atoms with Crippen molar-refractivity contribution in [3.05, 3.63) is 69.5 Å². The van der Waals surface area contributed by atoms with Gasteiger partial charge in [-0.05, 0) is 30.7 Å². The zero-order chi connectivity index (χ0) is 20.8. The first-order valence-electron chi connectivity index (χ1n) is 9.15. The molecule has 6 nitrogen and oxygen atoms in total. The third-order valence-corrected chi connectivity index (χ3v) is 5.62. The first-order chi connectivity index (χ1) is 14.0. The second kappa shape index (κ2) is 9.91. The quantitative estimate of drug-likeness (QED) is 0.435. The number of fused-ring (bicyclic) bond motifs is 1. The van der Waals surface area contributed by atoms with Crippen LogP contribution in [0.2, 0.25) is 5.02 Å². The van der Waals surface area contributed by atoms with E-state index in [9.17, 15) is 9.59 Å². The molecule has 152 valence electrons. The standard InChI is InChI=1S/C21H22ClN3O3S/c1-14(15-6-4-3-5-7-15)23-19(26)13-29-21-24-18-12-16(22)8-9-17(18)20(27)25(21)10-11-28-2/h3-9,12,14H,10-11,13H2,1-2H3,(H,23,26)/t14-/m1/s1. The molecule has 1 aromatic heterocycles. The number of rotatable bonds is 8. The summed E-state index contributed by atoms with van der Waals surface area (Å²) in [6.07, 6.45) is 0. The van der Waals surface area contributed by atoms with Crippen molar-refractivity contribution < 1.29 is 9.53 Å². The van der Waals surface area contributed by atoms with Gasteiger partial charge in [0.2, 0.25) is 5.91 Å². The lowest BCUT2D eigenvalue weighted by Gasteiger charge is -2.15. The van der Waals surface area contributed by atoms with Crippen molar-refractivity contribution in [3.63, 3.8) is 0 Å². The van der Waals surface area contributed by atoms with Crippen molar-refractivity contribution in [1.29, 1.82) is 0 Å². The molecule has 8 heteroatoms. The smallest absolute Gasteiger partial charge is 0.262 e. The van der Waals surface area contributed by atoms with E-state index in [-0.39, 0.29) is 23.3 Å². The predicted molar refractivity (Wildman–Crippen MR) is 117 cm³/mol. The minimum atomic E-state index is -0.177. The fraction of sp³-hybridized carbons (Fsp3) is 0.286. The number of methoxy groups -OCH3 is 1. The van der Waals surface area contributed by atoms with Gasteiger partial charge < -0.3 is 10.1 Å². The molecule has 2 aromatic carbocycles. The molecule has 1 atom stereocenters. The number of halogens is 1. The van der Waals surface area contributed by atoms with Gasteiger partial charge in [0.15, 0.2) is 5.16 Å². The van der Waals surface area contributed by atoms with Crippen LogP contribution >= 0.6 is 23.4 Å². The monoisotopic (exact) mass is 431 g/mol. The van der Waals surface area contributed by atoms with Crippen LogP contribution in [0.3, 0.4) is 0 Å². The summed E-state index contributed by atoms with van der Waals surface area (Å²) < 4.78 is 6.66. The van der Waals surface area contributed by atoms with E-state index in [1.165, 1.54) is 16.3 Å². The molecule has 3 aromatic rings. The summed E-state index contributed by atoms with van der Waals surface area (Å²) in [6.45, 7) is 2.65. The number of carbonyl (C=O) groups is 1. The Morgan fingerprint density at radius 2 is 2.03 bits per heavy atom. The van der Waals surface area contributed by atoms with Gasteiger partial charge in [-0.1, -0.05) is 53.7 Å². The Morgan fingerprint density at radius 3 is 2.76 bits per heavy atom. The lowest BCUT2D eigenvalue weighted by molar-refractivity contribution is -0.119. The summed E-state index contributed by atoms with van der Waals surface area (Å²) in [4.78, 5) is 29.9. The highest BCUT2D eigenvalue weighted by atomic mass is 35.5. The average molecular weight is 432 g/mol. The average Bonchev–Trinajstić information content (AvgIpc) is 2.72. The van der Waals surface area contributed by atoms with Gasteiger partial charge >= 0.3 is 0 Å². The molecule has 0 saturated carbocycles. The number of nitrogens with zero attached hydrogens (tertiary/aromatic N) is 2. The summed E-state index contributed by atoms with van der Waals surface area (Å²) in [7, 11) is 1.57. The topological polar surface area (TPSA) is 73.2 Å². The molecule has 1 N–H and O–H groups in total. The number of nitrogens with one attached hydrogen (secondary N) is 1. The summed E-state index contributed by atoms with van der Waals surface area (Å²) >= 11 is 7.27. The third-order valence-electron chi connectivity index (χ3n) is 4.41. The van der Waals surface area contributed by atoms with E-state index < -0.39 is 0 Å². The highest BCUT2D eigenvalue weighted by Gasteiger charge is 2.15. The molecule has 0 radical (unpaired) electrons. The van der Waals surface area contributed by atoms with Gasteiger partial charge in [-0.2, -0.15) is 0 Å². The molecule has 0 spiro atoms. The second-order valence-corrected chi connectivity index (χ2v) is 7.87. The molecule has 0 aliphatic rings. The Hall–Kier alpha value is -2.35. The minimum Gasteiger partial charge on any atom is -0.383 e. The Labute approximate surface area is 178 Å². The van der Waals surface area contributed by atoms with Crippen molar-refractivity contribution in [2.24, 2.45) is 0 Å². The Morgan fingerprint density at radius 1 is 1.28 bits per heavy atom. The minimum absolute atomic E-state index is 0.108. The van der Waals surface area contributed by atoms with Crippen LogP contribution in [-0.4, -0.2) is 34.9 Å². The Kier molecular flexibility index (Phi) is 7.30. The van der Waals surface area contributed by atoms with Crippen molar-refractivity contribution in [2.75, 3.05) is 19.5 Å². The third kappa shape index (κ3) is 5.38. The summed E-state index contributed by atoms with van der Waals surface area (Å²) in [5.74, 6) is 0.00735. The van der Waals surface area contributed by atoms with E-state index in [2.05, 4.69) is 10.3 Å². The van der Waals surface area contributed by atoms with Crippen LogP contribution in [0.1, 0.15) is 18.5 Å². The van der Waals surface area contributed by atoms with Gasteiger partial charge in [0.05, 0.1) is 35.8 Å². The van der Waals surface area contributed by atoms with Crippen molar-refractivity contribution >= 4 is 40.2 Å². The van der Waals surface area contributed by atoms with E-state index in [1.807, 2.05) is 37.3 Å². The van der Waals surface area contributed by atoms with Crippen LogP contribution in [0.5, 0.6) is 0 Å². The van der Waals surface area contributed by atoms with Crippen molar-refractivity contribution in [3.8, 4) is 0 Å². The number of amides is 1. The summed E-state index contributed by atoms with van der Waals surface area (Å²) in [5.41, 5.74) is 1.36. The van der Waals surface area contributed by atoms with Crippen LogP contribution in [0.4, 0.5) is 0 Å². The van der Waals surface area contributed by atoms with E-state index in [1.54, 1.807) is 25.3 Å². The SMILES string of the molecule is COCCn1c(SCC(=O)N[C@H](C)c2ccccc2)nc2cc(Cl)ccc2c1=O. The zero-order valence-corrected chi connectivity index (χ0v) is 17.8. The Balaban J connectivity index is 1.79. The van der Waals surface area contributed by atoms with E-state index >= 15 is 0 Å². The number of ether oxygens (including phenoxy) is 1. The fourth-order valence-electron chi connectivity index (χ4n) is 2.90. The zero-order valence-electron chi connectivity index (χ0n) is 16.2. The van der Waals surface area contributed by atoms with Crippen molar-refractivity contribution in [1.82, 2.24) is 14.9 Å². The number of carbonyl (C=O) groups excluding carboxylic acids is 1. The molecule has 0 bridgehead atoms.